The molecule has 4 fully saturated rings. The van der Waals surface area contributed by atoms with E-state index in [4.69, 9.17) is 0 Å². The van der Waals surface area contributed by atoms with E-state index in [0.29, 0.717) is 5.91 Å². The van der Waals surface area contributed by atoms with Crippen LogP contribution in [0.2, 0.25) is 0 Å². The van der Waals surface area contributed by atoms with Crippen molar-refractivity contribution in [3.05, 3.63) is 0 Å². The van der Waals surface area contributed by atoms with Gasteiger partial charge >= 0.3 is 0 Å². The van der Waals surface area contributed by atoms with Gasteiger partial charge in [-0.05, 0) is 115 Å². The summed E-state index contributed by atoms with van der Waals surface area (Å²) >= 11 is 0. The molecule has 0 aromatic carbocycles. The van der Waals surface area contributed by atoms with Gasteiger partial charge < -0.3 is 20.4 Å². The number of rotatable bonds is 6. The van der Waals surface area contributed by atoms with Crippen molar-refractivity contribution in [2.75, 3.05) is 58.9 Å². The van der Waals surface area contributed by atoms with E-state index in [1.54, 1.807) is 0 Å². The van der Waals surface area contributed by atoms with E-state index in [1.807, 2.05) is 18.7 Å². The van der Waals surface area contributed by atoms with Crippen LogP contribution in [0.15, 0.2) is 0 Å². The van der Waals surface area contributed by atoms with E-state index in [-0.39, 0.29) is 0 Å². The Kier molecular flexibility index (Phi) is 13.0. The molecule has 5 nitrogen and oxygen atoms in total. The maximum absolute atomic E-state index is 11.4. The Morgan fingerprint density at radius 3 is 2.20 bits per heavy atom. The molecule has 4 aliphatic rings. The molecule has 2 atom stereocenters. The van der Waals surface area contributed by atoms with Gasteiger partial charge in [-0.1, -0.05) is 20.8 Å². The Balaban J connectivity index is 0.000000197. The Labute approximate surface area is 186 Å². The second-order valence-electron chi connectivity index (χ2n) is 9.53. The number of hydrogen-bond donors (Lipinski definition) is 2. The van der Waals surface area contributed by atoms with E-state index in [9.17, 15) is 4.79 Å². The first-order chi connectivity index (χ1) is 14.7. The summed E-state index contributed by atoms with van der Waals surface area (Å²) in [5.74, 6) is 3.10. The van der Waals surface area contributed by atoms with Crippen molar-refractivity contribution in [3.8, 4) is 0 Å². The lowest BCUT2D eigenvalue weighted by molar-refractivity contribution is -0.127. The van der Waals surface area contributed by atoms with Gasteiger partial charge in [0.25, 0.3) is 0 Å². The Hall–Kier alpha value is -0.650. The fourth-order valence-electron chi connectivity index (χ4n) is 5.30. The summed E-state index contributed by atoms with van der Waals surface area (Å²) in [6.07, 6.45) is 11.4. The van der Waals surface area contributed by atoms with Crippen molar-refractivity contribution in [1.82, 2.24) is 20.4 Å². The van der Waals surface area contributed by atoms with E-state index in [2.05, 4.69) is 22.5 Å². The van der Waals surface area contributed by atoms with Gasteiger partial charge in [-0.3, -0.25) is 4.79 Å². The van der Waals surface area contributed by atoms with Crippen LogP contribution in [0.25, 0.3) is 0 Å². The lowest BCUT2D eigenvalue weighted by atomic mass is 9.85. The Bertz CT molecular complexity index is 446. The maximum atomic E-state index is 11.4. The number of nitrogens with zero attached hydrogens (tertiary/aromatic N) is 2. The number of hydrogen-bond acceptors (Lipinski definition) is 4. The summed E-state index contributed by atoms with van der Waals surface area (Å²) in [7, 11) is 0. The number of nitrogens with one attached hydrogen (secondary N) is 2. The van der Waals surface area contributed by atoms with Crippen LogP contribution in [-0.4, -0.2) is 74.6 Å². The predicted octanol–water partition coefficient (Wildman–Crippen LogP) is 3.74. The van der Waals surface area contributed by atoms with Gasteiger partial charge in [0.05, 0.1) is 0 Å². The largest absolute Gasteiger partial charge is 0.343 e. The van der Waals surface area contributed by atoms with E-state index < -0.39 is 0 Å². The fraction of sp³-hybridized carbons (Fsp3) is 0.960. The molecule has 1 amide bonds. The molecule has 4 aliphatic heterocycles. The van der Waals surface area contributed by atoms with Crippen LogP contribution in [0.4, 0.5) is 0 Å². The van der Waals surface area contributed by atoms with Gasteiger partial charge in [0.2, 0.25) is 5.91 Å². The van der Waals surface area contributed by atoms with Gasteiger partial charge in [-0.25, -0.2) is 0 Å². The molecule has 2 unspecified atom stereocenters. The first-order valence-electron chi connectivity index (χ1n) is 13.1. The molecular weight excluding hydrogens is 372 g/mol. The van der Waals surface area contributed by atoms with Crippen LogP contribution in [-0.2, 0) is 4.79 Å². The zero-order valence-electron chi connectivity index (χ0n) is 20.3. The highest BCUT2D eigenvalue weighted by molar-refractivity contribution is 5.77. The van der Waals surface area contributed by atoms with Crippen molar-refractivity contribution in [2.45, 2.75) is 78.6 Å². The highest BCUT2D eigenvalue weighted by atomic mass is 16.2. The predicted molar refractivity (Wildman–Crippen MR) is 128 cm³/mol. The molecule has 176 valence electrons. The summed E-state index contributed by atoms with van der Waals surface area (Å²) in [5, 5.41) is 6.85. The van der Waals surface area contributed by atoms with E-state index >= 15 is 0 Å². The quantitative estimate of drug-likeness (QED) is 0.684. The number of carbonyl (C=O) groups is 1. The molecule has 4 saturated heterocycles. The molecule has 0 aromatic rings. The minimum Gasteiger partial charge on any atom is -0.343 e. The topological polar surface area (TPSA) is 47.6 Å². The number of piperidine rings is 2. The van der Waals surface area contributed by atoms with Crippen LogP contribution in [0.1, 0.15) is 78.6 Å². The first-order valence-corrected chi connectivity index (χ1v) is 13.1. The van der Waals surface area contributed by atoms with Crippen molar-refractivity contribution >= 4 is 5.91 Å². The molecule has 0 spiro atoms. The maximum Gasteiger partial charge on any atom is 0.222 e. The van der Waals surface area contributed by atoms with Gasteiger partial charge in [-0.2, -0.15) is 0 Å². The average Bonchev–Trinajstić information content (AvgIpc) is 3.46. The molecule has 0 radical (unpaired) electrons. The molecule has 0 bridgehead atoms. The molecular formula is C25H50N4O. The third kappa shape index (κ3) is 9.23. The second kappa shape index (κ2) is 15.2. The van der Waals surface area contributed by atoms with E-state index in [0.717, 1.165) is 43.7 Å². The number of likely N-dealkylation sites (tertiary alicyclic amines) is 2. The monoisotopic (exact) mass is 422 g/mol. The minimum absolute atomic E-state index is 0.374. The van der Waals surface area contributed by atoms with Crippen LogP contribution < -0.4 is 10.6 Å². The Morgan fingerprint density at radius 1 is 0.867 bits per heavy atom. The molecule has 30 heavy (non-hydrogen) atoms. The van der Waals surface area contributed by atoms with Crippen molar-refractivity contribution < 1.29 is 4.79 Å². The molecule has 0 aliphatic carbocycles. The summed E-state index contributed by atoms with van der Waals surface area (Å²) in [6.45, 7) is 17.3. The van der Waals surface area contributed by atoms with Crippen LogP contribution in [0.5, 0.6) is 0 Å². The summed E-state index contributed by atoms with van der Waals surface area (Å²) in [6, 6.07) is 0. The number of carbonyl (C=O) groups excluding carboxylic acids is 1. The van der Waals surface area contributed by atoms with Crippen molar-refractivity contribution in [1.29, 1.82) is 0 Å². The van der Waals surface area contributed by atoms with Gasteiger partial charge in [0.1, 0.15) is 0 Å². The van der Waals surface area contributed by atoms with E-state index in [1.165, 1.54) is 90.8 Å². The lowest BCUT2D eigenvalue weighted by Gasteiger charge is -2.30. The SMILES string of the molecule is CC.CC1CNCCC1CCN1CCCC1.O=C1CCCN1CCC1CCNCC1. The van der Waals surface area contributed by atoms with Crippen LogP contribution in [0.3, 0.4) is 0 Å². The Morgan fingerprint density at radius 2 is 1.57 bits per heavy atom. The summed E-state index contributed by atoms with van der Waals surface area (Å²) < 4.78 is 0. The molecule has 2 N–H and O–H groups in total. The third-order valence-corrected chi connectivity index (χ3v) is 7.42. The minimum atomic E-state index is 0.374. The summed E-state index contributed by atoms with van der Waals surface area (Å²) in [4.78, 5) is 16.1. The van der Waals surface area contributed by atoms with Gasteiger partial charge in [-0.15, -0.1) is 0 Å². The molecule has 5 heteroatoms. The highest BCUT2D eigenvalue weighted by Gasteiger charge is 2.23. The zero-order chi connectivity index (χ0) is 21.6. The first kappa shape index (κ1) is 25.6. The van der Waals surface area contributed by atoms with Gasteiger partial charge in [0.15, 0.2) is 0 Å². The second-order valence-corrected chi connectivity index (χ2v) is 9.53. The van der Waals surface area contributed by atoms with Crippen LogP contribution >= 0.6 is 0 Å². The van der Waals surface area contributed by atoms with Crippen molar-refractivity contribution in [3.63, 3.8) is 0 Å². The lowest BCUT2D eigenvalue weighted by Crippen LogP contribution is -2.36. The average molecular weight is 423 g/mol. The molecule has 0 aromatic heterocycles. The number of amides is 1. The molecule has 4 heterocycles. The highest BCUT2D eigenvalue weighted by Crippen LogP contribution is 2.23. The third-order valence-electron chi connectivity index (χ3n) is 7.42. The van der Waals surface area contributed by atoms with Crippen LogP contribution in [0, 0.1) is 17.8 Å². The molecule has 0 saturated carbocycles. The zero-order valence-corrected chi connectivity index (χ0v) is 20.3. The van der Waals surface area contributed by atoms with Gasteiger partial charge in [0, 0.05) is 19.5 Å². The summed E-state index contributed by atoms with van der Waals surface area (Å²) in [5.41, 5.74) is 0. The fourth-order valence-corrected chi connectivity index (χ4v) is 5.30. The molecule has 4 rings (SSSR count). The van der Waals surface area contributed by atoms with Crippen molar-refractivity contribution in [2.24, 2.45) is 17.8 Å². The standard InChI is InChI=1S/C12H24N2.C11H20N2O.C2H6/c1-11-10-13-6-4-12(11)5-9-14-7-2-3-8-14;14-11-2-1-8-13(11)9-5-10-3-6-12-7-4-10;1-2/h11-13H,2-10H2,1H3;10,12H,1-9H2;1-2H3. The smallest absolute Gasteiger partial charge is 0.222 e. The normalized spacial score (nSPS) is 28.0.